The number of nitrogens with zero attached hydrogens (tertiary/aromatic N) is 2. The summed E-state index contributed by atoms with van der Waals surface area (Å²) in [6, 6.07) is 0. The second-order valence-electron chi connectivity index (χ2n) is 6.35. The normalized spacial score (nSPS) is 26.7. The molecule has 1 atom stereocenters. The molecule has 1 aromatic rings. The topological polar surface area (TPSA) is 51.4 Å². The molecule has 1 unspecified atom stereocenters. The first-order valence-corrected chi connectivity index (χ1v) is 7.92. The molecule has 106 valence electrons. The Hall–Kier alpha value is -0.650. The Labute approximate surface area is 119 Å². The van der Waals surface area contributed by atoms with Gasteiger partial charge in [-0.15, -0.1) is 11.3 Å². The highest BCUT2D eigenvalue weighted by Gasteiger charge is 2.35. The fourth-order valence-electron chi connectivity index (χ4n) is 2.91. The van der Waals surface area contributed by atoms with Crippen LogP contribution in [0, 0.1) is 0 Å². The van der Waals surface area contributed by atoms with Gasteiger partial charge in [0, 0.05) is 30.4 Å². The summed E-state index contributed by atoms with van der Waals surface area (Å²) in [6.45, 7) is 8.87. The second kappa shape index (κ2) is 4.72. The van der Waals surface area contributed by atoms with E-state index >= 15 is 0 Å². The molecule has 1 aromatic heterocycles. The first kappa shape index (κ1) is 13.3. The van der Waals surface area contributed by atoms with E-state index in [2.05, 4.69) is 25.7 Å². The number of nitrogens with two attached hydrogens (primary N) is 1. The first-order valence-electron chi connectivity index (χ1n) is 7.11. The van der Waals surface area contributed by atoms with Gasteiger partial charge in [0.15, 0.2) is 5.13 Å². The molecule has 5 heteroatoms. The summed E-state index contributed by atoms with van der Waals surface area (Å²) in [5, 5.41) is 1.13. The number of thiazole rings is 1. The molecule has 1 saturated carbocycles. The first-order chi connectivity index (χ1) is 8.98. The minimum atomic E-state index is -0.105. The highest BCUT2D eigenvalue weighted by molar-refractivity contribution is 7.15. The van der Waals surface area contributed by atoms with Crippen LogP contribution < -0.4 is 10.6 Å². The van der Waals surface area contributed by atoms with Gasteiger partial charge in [0.25, 0.3) is 0 Å². The smallest absolute Gasteiger partial charge is 0.186 e. The fourth-order valence-corrected chi connectivity index (χ4v) is 3.94. The minimum absolute atomic E-state index is 0.105. The van der Waals surface area contributed by atoms with E-state index in [4.69, 9.17) is 15.5 Å². The molecule has 1 saturated heterocycles. The number of anilines is 1. The van der Waals surface area contributed by atoms with Gasteiger partial charge in [-0.25, -0.2) is 4.98 Å². The summed E-state index contributed by atoms with van der Waals surface area (Å²) < 4.78 is 5.96. The number of rotatable bonds is 3. The van der Waals surface area contributed by atoms with E-state index in [0.717, 1.165) is 18.2 Å². The van der Waals surface area contributed by atoms with E-state index in [-0.39, 0.29) is 11.7 Å². The fraction of sp³-hybridized carbons (Fsp3) is 0.786. The van der Waals surface area contributed by atoms with Crippen molar-refractivity contribution in [2.75, 3.05) is 18.0 Å². The summed E-state index contributed by atoms with van der Waals surface area (Å²) in [4.78, 5) is 8.51. The summed E-state index contributed by atoms with van der Waals surface area (Å²) in [7, 11) is 0. The lowest BCUT2D eigenvalue weighted by atomic mass is 10.1. The number of hydrogen-bond acceptors (Lipinski definition) is 5. The molecule has 0 aromatic carbocycles. The molecule has 2 aliphatic rings. The van der Waals surface area contributed by atoms with Crippen molar-refractivity contribution in [3.05, 3.63) is 10.6 Å². The number of ether oxygens (including phenoxy) is 1. The van der Waals surface area contributed by atoms with E-state index in [0.29, 0.717) is 12.5 Å². The number of hydrogen-bond donors (Lipinski definition) is 1. The maximum atomic E-state index is 5.96. The maximum absolute atomic E-state index is 5.96. The van der Waals surface area contributed by atoms with Crippen LogP contribution in [0.25, 0.3) is 0 Å². The van der Waals surface area contributed by atoms with Crippen LogP contribution in [0.15, 0.2) is 0 Å². The zero-order chi connectivity index (χ0) is 13.6. The third-order valence-corrected chi connectivity index (χ3v) is 4.86. The molecule has 1 aliphatic carbocycles. The lowest BCUT2D eigenvalue weighted by Gasteiger charge is -2.41. The van der Waals surface area contributed by atoms with Crippen molar-refractivity contribution in [3.63, 3.8) is 0 Å². The molecule has 0 bridgehead atoms. The van der Waals surface area contributed by atoms with Crippen molar-refractivity contribution >= 4 is 16.5 Å². The molecule has 2 heterocycles. The van der Waals surface area contributed by atoms with Gasteiger partial charge in [-0.05, 0) is 33.6 Å². The summed E-state index contributed by atoms with van der Waals surface area (Å²) >= 11 is 1.77. The second-order valence-corrected chi connectivity index (χ2v) is 7.41. The number of aromatic nitrogens is 1. The van der Waals surface area contributed by atoms with Crippen molar-refractivity contribution in [2.45, 2.75) is 57.8 Å². The largest absolute Gasteiger partial charge is 0.369 e. The van der Waals surface area contributed by atoms with Crippen LogP contribution >= 0.6 is 11.3 Å². The van der Waals surface area contributed by atoms with Crippen LogP contribution in [0.2, 0.25) is 0 Å². The van der Waals surface area contributed by atoms with Gasteiger partial charge in [0.1, 0.15) is 0 Å². The molecule has 3 rings (SSSR count). The molecular weight excluding hydrogens is 258 g/mol. The van der Waals surface area contributed by atoms with E-state index in [1.54, 1.807) is 11.3 Å². The molecule has 2 fully saturated rings. The predicted molar refractivity (Wildman–Crippen MR) is 78.8 cm³/mol. The Kier molecular flexibility index (Phi) is 3.31. The van der Waals surface area contributed by atoms with Gasteiger partial charge >= 0.3 is 0 Å². The molecular formula is C14H23N3OS. The van der Waals surface area contributed by atoms with Crippen molar-refractivity contribution in [1.82, 2.24) is 4.98 Å². The standard InChI is InChI=1S/C14H23N3OS/c1-9-7-17(8-14(2,3)18-9)13-16-12(10-4-5-10)11(6-15)19-13/h9-10H,4-8,15H2,1-3H3. The maximum Gasteiger partial charge on any atom is 0.186 e. The predicted octanol–water partition coefficient (Wildman–Crippen LogP) is 2.48. The van der Waals surface area contributed by atoms with Gasteiger partial charge in [0.2, 0.25) is 0 Å². The van der Waals surface area contributed by atoms with Crippen LogP contribution in [-0.2, 0) is 11.3 Å². The zero-order valence-corrected chi connectivity index (χ0v) is 12.8. The summed E-state index contributed by atoms with van der Waals surface area (Å²) in [5.41, 5.74) is 7.03. The third kappa shape index (κ3) is 2.78. The molecule has 0 amide bonds. The van der Waals surface area contributed by atoms with Crippen molar-refractivity contribution in [3.8, 4) is 0 Å². The lowest BCUT2D eigenvalue weighted by Crippen LogP contribution is -2.52. The van der Waals surface area contributed by atoms with Crippen LogP contribution in [0.1, 0.15) is 50.1 Å². The Morgan fingerprint density at radius 3 is 2.79 bits per heavy atom. The molecule has 0 spiro atoms. The molecule has 1 aliphatic heterocycles. The number of morpholine rings is 1. The summed E-state index contributed by atoms with van der Waals surface area (Å²) in [6.07, 6.45) is 2.81. The Balaban J connectivity index is 1.85. The van der Waals surface area contributed by atoms with Gasteiger partial charge in [-0.1, -0.05) is 0 Å². The van der Waals surface area contributed by atoms with Crippen molar-refractivity contribution in [2.24, 2.45) is 5.73 Å². The highest BCUT2D eigenvalue weighted by Crippen LogP contribution is 2.44. The molecule has 0 radical (unpaired) electrons. The minimum Gasteiger partial charge on any atom is -0.369 e. The van der Waals surface area contributed by atoms with E-state index < -0.39 is 0 Å². The monoisotopic (exact) mass is 281 g/mol. The Morgan fingerprint density at radius 2 is 2.21 bits per heavy atom. The summed E-state index contributed by atoms with van der Waals surface area (Å²) in [5.74, 6) is 0.676. The zero-order valence-electron chi connectivity index (χ0n) is 12.0. The van der Waals surface area contributed by atoms with Crippen molar-refractivity contribution < 1.29 is 4.74 Å². The Morgan fingerprint density at radius 1 is 1.47 bits per heavy atom. The average Bonchev–Trinajstić information content (AvgIpc) is 3.06. The van der Waals surface area contributed by atoms with Crippen LogP contribution in [0.5, 0.6) is 0 Å². The molecule has 4 nitrogen and oxygen atoms in total. The van der Waals surface area contributed by atoms with Gasteiger partial charge < -0.3 is 15.4 Å². The van der Waals surface area contributed by atoms with Crippen LogP contribution in [0.4, 0.5) is 5.13 Å². The van der Waals surface area contributed by atoms with Crippen LogP contribution in [-0.4, -0.2) is 29.8 Å². The van der Waals surface area contributed by atoms with Crippen LogP contribution in [0.3, 0.4) is 0 Å². The van der Waals surface area contributed by atoms with E-state index in [1.807, 2.05) is 0 Å². The van der Waals surface area contributed by atoms with Gasteiger partial charge in [0.05, 0.1) is 17.4 Å². The quantitative estimate of drug-likeness (QED) is 0.925. The lowest BCUT2D eigenvalue weighted by molar-refractivity contribution is -0.0749. The van der Waals surface area contributed by atoms with E-state index in [1.165, 1.54) is 23.4 Å². The van der Waals surface area contributed by atoms with Crippen molar-refractivity contribution in [1.29, 1.82) is 0 Å². The highest BCUT2D eigenvalue weighted by atomic mass is 32.1. The average molecular weight is 281 g/mol. The Bertz CT molecular complexity index is 467. The third-order valence-electron chi connectivity index (χ3n) is 3.71. The van der Waals surface area contributed by atoms with Gasteiger partial charge in [-0.2, -0.15) is 0 Å². The van der Waals surface area contributed by atoms with E-state index in [9.17, 15) is 0 Å². The van der Waals surface area contributed by atoms with Gasteiger partial charge in [-0.3, -0.25) is 0 Å². The SMILES string of the molecule is CC1CN(c2nc(C3CC3)c(CN)s2)CC(C)(C)O1. The molecule has 19 heavy (non-hydrogen) atoms. The molecule has 2 N–H and O–H groups in total.